The largest absolute Gasteiger partial charge is 0.453 e. The Labute approximate surface area is 309 Å². The van der Waals surface area contributed by atoms with Gasteiger partial charge in [-0.05, 0) is 59.0 Å². The summed E-state index contributed by atoms with van der Waals surface area (Å²) in [5, 5.41) is 23.6. The van der Waals surface area contributed by atoms with Gasteiger partial charge < -0.3 is 29.5 Å². The van der Waals surface area contributed by atoms with E-state index in [4.69, 9.17) is 14.2 Å². The first-order valence-electron chi connectivity index (χ1n) is 17.9. The highest BCUT2D eigenvalue weighted by atomic mass is 16.7. The van der Waals surface area contributed by atoms with Gasteiger partial charge in [-0.15, -0.1) is 0 Å². The number of hydrogen-bond donors (Lipinski definition) is 2. The summed E-state index contributed by atoms with van der Waals surface area (Å²) in [7, 11) is 0. The number of non-ortho nitro benzene ring substituents is 1. The molecule has 2 aliphatic rings. The quantitative estimate of drug-likeness (QED) is 0.103. The van der Waals surface area contributed by atoms with E-state index in [1.165, 1.54) is 6.92 Å². The smallest absolute Gasteiger partial charge is 0.303 e. The van der Waals surface area contributed by atoms with Crippen molar-refractivity contribution >= 4 is 23.3 Å². The number of nitrogens with zero attached hydrogens (tertiary/aromatic N) is 3. The topological polar surface area (TPSA) is 144 Å². The predicted molar refractivity (Wildman–Crippen MR) is 200 cm³/mol. The van der Waals surface area contributed by atoms with Gasteiger partial charge >= 0.3 is 5.97 Å². The molecule has 2 fully saturated rings. The molecule has 0 unspecified atom stereocenters. The minimum atomic E-state index is -0.877. The fourth-order valence-corrected chi connectivity index (χ4v) is 6.92. The van der Waals surface area contributed by atoms with E-state index in [0.717, 1.165) is 65.2 Å². The minimum absolute atomic E-state index is 0.0255. The third-order valence-electron chi connectivity index (χ3n) is 9.96. The van der Waals surface area contributed by atoms with Crippen LogP contribution in [0.4, 0.5) is 11.4 Å². The molecule has 0 saturated carbocycles. The molecule has 2 N–H and O–H groups in total. The molecule has 12 nitrogen and oxygen atoms in total. The van der Waals surface area contributed by atoms with Crippen LogP contribution in [0.3, 0.4) is 0 Å². The van der Waals surface area contributed by atoms with Gasteiger partial charge in [0.2, 0.25) is 0 Å². The van der Waals surface area contributed by atoms with Gasteiger partial charge in [0.25, 0.3) is 11.6 Å². The van der Waals surface area contributed by atoms with E-state index in [9.17, 15) is 24.8 Å². The molecule has 0 spiro atoms. The van der Waals surface area contributed by atoms with Crippen LogP contribution < -0.4 is 10.2 Å². The maximum atomic E-state index is 12.4. The number of rotatable bonds is 12. The Morgan fingerprint density at radius 3 is 2.25 bits per heavy atom. The maximum absolute atomic E-state index is 12.4. The fraction of sp³-hybridized carbons (Fsp3) is 0.366. The van der Waals surface area contributed by atoms with Crippen LogP contribution in [-0.2, 0) is 37.0 Å². The minimum Gasteiger partial charge on any atom is -0.453 e. The monoisotopic (exact) mass is 722 g/mol. The van der Waals surface area contributed by atoms with Crippen LogP contribution in [0.2, 0.25) is 0 Å². The lowest BCUT2D eigenvalue weighted by Gasteiger charge is -2.44. The summed E-state index contributed by atoms with van der Waals surface area (Å²) in [6.07, 6.45) is -1.91. The number of aliphatic hydroxyl groups is 1. The van der Waals surface area contributed by atoms with E-state index in [1.807, 2.05) is 78.9 Å². The summed E-state index contributed by atoms with van der Waals surface area (Å²) < 4.78 is 18.5. The molecule has 1 amide bonds. The number of piperazine rings is 1. The van der Waals surface area contributed by atoms with Crippen molar-refractivity contribution in [1.82, 2.24) is 10.2 Å². The predicted octanol–water partition coefficient (Wildman–Crippen LogP) is 5.94. The van der Waals surface area contributed by atoms with Crippen molar-refractivity contribution in [1.29, 1.82) is 0 Å². The van der Waals surface area contributed by atoms with Crippen molar-refractivity contribution in [3.63, 3.8) is 0 Å². The van der Waals surface area contributed by atoms with Gasteiger partial charge in [-0.2, -0.15) is 0 Å². The average Bonchev–Trinajstić information content (AvgIpc) is 3.18. The third kappa shape index (κ3) is 9.46. The van der Waals surface area contributed by atoms with Gasteiger partial charge in [0.15, 0.2) is 12.4 Å². The van der Waals surface area contributed by atoms with Crippen LogP contribution in [0.15, 0.2) is 97.1 Å². The molecule has 2 saturated heterocycles. The summed E-state index contributed by atoms with van der Waals surface area (Å²) >= 11 is 0. The Kier molecular flexibility index (Phi) is 12.2. The lowest BCUT2D eigenvalue weighted by atomic mass is 9.89. The number of hydrogen-bond acceptors (Lipinski definition) is 10. The number of carbonyl (C=O) groups is 2. The molecule has 278 valence electrons. The highest BCUT2D eigenvalue weighted by Crippen LogP contribution is 2.42. The van der Waals surface area contributed by atoms with Crippen LogP contribution in [0.25, 0.3) is 11.1 Å². The molecule has 6 rings (SSSR count). The normalized spacial score (nSPS) is 21.1. The summed E-state index contributed by atoms with van der Waals surface area (Å²) in [4.78, 5) is 39.0. The molecule has 0 aromatic heterocycles. The molecule has 2 aliphatic heterocycles. The maximum Gasteiger partial charge on any atom is 0.303 e. The van der Waals surface area contributed by atoms with Crippen molar-refractivity contribution in [2.45, 2.75) is 58.5 Å². The zero-order chi connectivity index (χ0) is 37.5. The van der Waals surface area contributed by atoms with Gasteiger partial charge in [0, 0.05) is 75.5 Å². The molecule has 12 heteroatoms. The Bertz CT molecular complexity index is 1880. The molecule has 53 heavy (non-hydrogen) atoms. The van der Waals surface area contributed by atoms with Crippen molar-refractivity contribution in [2.75, 3.05) is 37.6 Å². The number of carbonyl (C=O) groups excluding carboxylic acids is 2. The number of benzene rings is 4. The van der Waals surface area contributed by atoms with Gasteiger partial charge in [0.05, 0.1) is 23.7 Å². The van der Waals surface area contributed by atoms with Gasteiger partial charge in [0.1, 0.15) is 0 Å². The van der Waals surface area contributed by atoms with E-state index >= 15 is 0 Å². The third-order valence-corrected chi connectivity index (χ3v) is 9.96. The number of nitro benzene ring substituents is 1. The summed E-state index contributed by atoms with van der Waals surface area (Å²) in [6, 6.07) is 30.6. The first-order chi connectivity index (χ1) is 25.6. The van der Waals surface area contributed by atoms with Crippen molar-refractivity contribution < 1.29 is 33.8 Å². The number of aliphatic hydroxyl groups excluding tert-OH is 1. The van der Waals surface area contributed by atoms with Crippen molar-refractivity contribution in [3.05, 3.63) is 129 Å². The molecular weight excluding hydrogens is 676 g/mol. The molecule has 2 heterocycles. The fourth-order valence-electron chi connectivity index (χ4n) is 6.92. The molecule has 0 aliphatic carbocycles. The van der Waals surface area contributed by atoms with E-state index in [2.05, 4.69) is 28.1 Å². The lowest BCUT2D eigenvalue weighted by Crippen LogP contribution is -2.51. The summed E-state index contributed by atoms with van der Waals surface area (Å²) in [6.45, 7) is 9.16. The molecule has 0 radical (unpaired) electrons. The van der Waals surface area contributed by atoms with Crippen LogP contribution in [0.5, 0.6) is 0 Å². The zero-order valence-electron chi connectivity index (χ0n) is 30.2. The van der Waals surface area contributed by atoms with E-state index in [0.29, 0.717) is 6.54 Å². The Balaban J connectivity index is 1.17. The number of esters is 1. The second-order valence-electron chi connectivity index (χ2n) is 13.7. The first-order valence-corrected chi connectivity index (χ1v) is 17.9. The Morgan fingerprint density at radius 2 is 1.58 bits per heavy atom. The molecular formula is C41H46N4O8. The van der Waals surface area contributed by atoms with Crippen LogP contribution in [0.1, 0.15) is 55.4 Å². The SMILES string of the molecule is CC(=O)O[C@@H](C)C(=O)NCc1cccc(-c2cccc([C@H]3O[C@@H](CN4CCN(c5ccc([N+](=O)[O-])cc5)CC4)[C@@H](C)[C@@H](c4ccc(CO)cc4)O3)c2)c1. The number of anilines is 1. The molecule has 5 atom stereocenters. The van der Waals surface area contributed by atoms with Gasteiger partial charge in [-0.3, -0.25) is 24.6 Å². The highest BCUT2D eigenvalue weighted by molar-refractivity contribution is 5.82. The Hall–Kier alpha value is -5.14. The van der Waals surface area contributed by atoms with Crippen molar-refractivity contribution in [3.8, 4) is 11.1 Å². The number of nitrogens with one attached hydrogen (secondary N) is 1. The Morgan fingerprint density at radius 1 is 0.906 bits per heavy atom. The average molecular weight is 723 g/mol. The number of nitro groups is 1. The van der Waals surface area contributed by atoms with Crippen molar-refractivity contribution in [2.24, 2.45) is 5.92 Å². The van der Waals surface area contributed by atoms with Gasteiger partial charge in [-0.1, -0.05) is 67.6 Å². The molecule has 0 bridgehead atoms. The van der Waals surface area contributed by atoms with E-state index in [-0.39, 0.29) is 47.8 Å². The number of ether oxygens (including phenoxy) is 3. The lowest BCUT2D eigenvalue weighted by molar-refractivity contribution is -0.384. The highest BCUT2D eigenvalue weighted by Gasteiger charge is 2.39. The molecule has 4 aromatic carbocycles. The first kappa shape index (κ1) is 37.6. The molecule has 4 aromatic rings. The number of amides is 1. The van der Waals surface area contributed by atoms with Crippen LogP contribution in [-0.4, -0.2) is 71.7 Å². The second kappa shape index (κ2) is 17.1. The van der Waals surface area contributed by atoms with E-state index < -0.39 is 18.4 Å². The van der Waals surface area contributed by atoms with E-state index in [1.54, 1.807) is 19.1 Å². The standard InChI is InChI=1S/C41H46N4O8/c1-27-38(25-43-18-20-44(21-19-43)36-14-16-37(17-15-36)45(49)50)52-41(53-39(27)32-12-10-30(26-46)11-13-32)35-9-5-8-34(23-35)33-7-4-6-31(22-33)24-42-40(48)28(2)51-29(3)47/h4-17,22-23,27-28,38-39,41,46H,18-21,24-26H2,1-3H3,(H,42,48)/t27-,28+,38+,39+,41+/m1/s1. The van der Waals surface area contributed by atoms with Crippen LogP contribution >= 0.6 is 0 Å². The summed E-state index contributed by atoms with van der Waals surface area (Å²) in [5.74, 6) is -0.848. The second-order valence-corrected chi connectivity index (χ2v) is 13.7. The summed E-state index contributed by atoms with van der Waals surface area (Å²) in [5.41, 5.74) is 6.63. The van der Waals surface area contributed by atoms with Gasteiger partial charge in [-0.25, -0.2) is 0 Å². The zero-order valence-corrected chi connectivity index (χ0v) is 30.2. The van der Waals surface area contributed by atoms with Crippen LogP contribution in [0, 0.1) is 16.0 Å².